The van der Waals surface area contributed by atoms with Gasteiger partial charge in [0.2, 0.25) is 0 Å². The van der Waals surface area contributed by atoms with Gasteiger partial charge in [-0.25, -0.2) is 0 Å². The SMILES string of the molecule is CCCCOC(OCCCC)c1ccc(CO)cc1. The van der Waals surface area contributed by atoms with Crippen molar-refractivity contribution in [2.45, 2.75) is 52.4 Å². The van der Waals surface area contributed by atoms with Crippen molar-refractivity contribution in [2.24, 2.45) is 0 Å². The van der Waals surface area contributed by atoms with E-state index in [4.69, 9.17) is 14.6 Å². The molecule has 0 unspecified atom stereocenters. The predicted molar refractivity (Wildman–Crippen MR) is 76.8 cm³/mol. The summed E-state index contributed by atoms with van der Waals surface area (Å²) in [5, 5.41) is 9.05. The van der Waals surface area contributed by atoms with Gasteiger partial charge in [-0.3, -0.25) is 0 Å². The minimum atomic E-state index is -0.286. The van der Waals surface area contributed by atoms with Crippen LogP contribution in [0.4, 0.5) is 0 Å². The molecule has 0 radical (unpaired) electrons. The summed E-state index contributed by atoms with van der Waals surface area (Å²) in [6, 6.07) is 7.76. The van der Waals surface area contributed by atoms with Crippen molar-refractivity contribution in [1.82, 2.24) is 0 Å². The summed E-state index contributed by atoms with van der Waals surface area (Å²) < 4.78 is 11.6. The number of aliphatic hydroxyl groups is 1. The largest absolute Gasteiger partial charge is 0.392 e. The van der Waals surface area contributed by atoms with Gasteiger partial charge >= 0.3 is 0 Å². The maximum Gasteiger partial charge on any atom is 0.183 e. The molecule has 1 rings (SSSR count). The van der Waals surface area contributed by atoms with Crippen molar-refractivity contribution in [3.63, 3.8) is 0 Å². The van der Waals surface area contributed by atoms with Gasteiger partial charge < -0.3 is 14.6 Å². The highest BCUT2D eigenvalue weighted by Crippen LogP contribution is 2.20. The Bertz CT molecular complexity index is 311. The molecule has 0 saturated heterocycles. The van der Waals surface area contributed by atoms with Crippen molar-refractivity contribution in [3.8, 4) is 0 Å². The molecule has 0 bridgehead atoms. The van der Waals surface area contributed by atoms with Crippen LogP contribution in [0.1, 0.15) is 56.9 Å². The summed E-state index contributed by atoms with van der Waals surface area (Å²) in [6.45, 7) is 5.79. The minimum Gasteiger partial charge on any atom is -0.392 e. The Labute approximate surface area is 116 Å². The Morgan fingerprint density at radius 3 is 1.89 bits per heavy atom. The van der Waals surface area contributed by atoms with E-state index in [1.54, 1.807) is 0 Å². The van der Waals surface area contributed by atoms with E-state index in [0.717, 1.165) is 50.0 Å². The average Bonchev–Trinajstić information content (AvgIpc) is 2.46. The topological polar surface area (TPSA) is 38.7 Å². The molecule has 3 nitrogen and oxygen atoms in total. The van der Waals surface area contributed by atoms with E-state index in [1.165, 1.54) is 0 Å². The average molecular weight is 266 g/mol. The minimum absolute atomic E-state index is 0.0678. The zero-order valence-corrected chi connectivity index (χ0v) is 12.1. The van der Waals surface area contributed by atoms with Crippen LogP contribution in [-0.2, 0) is 16.1 Å². The lowest BCUT2D eigenvalue weighted by atomic mass is 10.1. The lowest BCUT2D eigenvalue weighted by Crippen LogP contribution is -2.11. The molecule has 1 aromatic rings. The highest BCUT2D eigenvalue weighted by atomic mass is 16.7. The number of hydrogen-bond donors (Lipinski definition) is 1. The number of unbranched alkanes of at least 4 members (excludes halogenated alkanes) is 2. The first-order valence-electron chi connectivity index (χ1n) is 7.24. The van der Waals surface area contributed by atoms with Crippen LogP contribution in [-0.4, -0.2) is 18.3 Å². The zero-order valence-electron chi connectivity index (χ0n) is 12.1. The van der Waals surface area contributed by atoms with Gasteiger partial charge in [-0.05, 0) is 18.4 Å². The molecule has 19 heavy (non-hydrogen) atoms. The van der Waals surface area contributed by atoms with E-state index >= 15 is 0 Å². The third-order valence-electron chi connectivity index (χ3n) is 2.97. The molecule has 0 spiro atoms. The van der Waals surface area contributed by atoms with Gasteiger partial charge in [0.05, 0.1) is 19.8 Å². The van der Waals surface area contributed by atoms with Crippen LogP contribution in [0, 0.1) is 0 Å². The van der Waals surface area contributed by atoms with Crippen LogP contribution in [0.3, 0.4) is 0 Å². The molecule has 1 N–H and O–H groups in total. The fourth-order valence-electron chi connectivity index (χ4n) is 1.69. The Morgan fingerprint density at radius 2 is 1.47 bits per heavy atom. The monoisotopic (exact) mass is 266 g/mol. The highest BCUT2D eigenvalue weighted by Gasteiger charge is 2.12. The first-order valence-corrected chi connectivity index (χ1v) is 7.24. The molecular formula is C16H26O3. The van der Waals surface area contributed by atoms with Crippen LogP contribution in [0.25, 0.3) is 0 Å². The smallest absolute Gasteiger partial charge is 0.183 e. The van der Waals surface area contributed by atoms with Gasteiger partial charge in [-0.2, -0.15) is 0 Å². The van der Waals surface area contributed by atoms with Crippen LogP contribution >= 0.6 is 0 Å². The lowest BCUT2D eigenvalue weighted by molar-refractivity contribution is -0.148. The number of hydrogen-bond acceptors (Lipinski definition) is 3. The normalized spacial score (nSPS) is 11.2. The summed E-state index contributed by atoms with van der Waals surface area (Å²) in [6.07, 6.45) is 4.03. The second kappa shape index (κ2) is 9.96. The fourth-order valence-corrected chi connectivity index (χ4v) is 1.69. The molecule has 0 aliphatic rings. The molecule has 0 aliphatic heterocycles. The van der Waals surface area contributed by atoms with Gasteiger partial charge in [0.1, 0.15) is 0 Å². The van der Waals surface area contributed by atoms with Crippen LogP contribution in [0.5, 0.6) is 0 Å². The second-order valence-electron chi connectivity index (χ2n) is 4.68. The van der Waals surface area contributed by atoms with E-state index in [1.807, 2.05) is 24.3 Å². The van der Waals surface area contributed by atoms with Crippen LogP contribution < -0.4 is 0 Å². The van der Waals surface area contributed by atoms with Gasteiger partial charge in [-0.1, -0.05) is 51.0 Å². The molecule has 1 aromatic carbocycles. The Balaban J connectivity index is 2.58. The van der Waals surface area contributed by atoms with E-state index in [0.29, 0.717) is 0 Å². The van der Waals surface area contributed by atoms with Crippen molar-refractivity contribution in [2.75, 3.05) is 13.2 Å². The number of aliphatic hydroxyl groups excluding tert-OH is 1. The molecule has 0 heterocycles. The molecule has 0 aromatic heterocycles. The van der Waals surface area contributed by atoms with E-state index < -0.39 is 0 Å². The number of benzene rings is 1. The second-order valence-corrected chi connectivity index (χ2v) is 4.68. The molecule has 0 atom stereocenters. The molecule has 0 fully saturated rings. The molecular weight excluding hydrogens is 240 g/mol. The highest BCUT2D eigenvalue weighted by molar-refractivity contribution is 5.22. The molecule has 0 amide bonds. The molecule has 3 heteroatoms. The third kappa shape index (κ3) is 6.19. The number of ether oxygens (including phenoxy) is 2. The summed E-state index contributed by atoms with van der Waals surface area (Å²) in [5.74, 6) is 0. The van der Waals surface area contributed by atoms with E-state index in [-0.39, 0.29) is 12.9 Å². The Morgan fingerprint density at radius 1 is 0.947 bits per heavy atom. The molecule has 108 valence electrons. The predicted octanol–water partition coefficient (Wildman–Crippen LogP) is 3.81. The van der Waals surface area contributed by atoms with E-state index in [2.05, 4.69) is 13.8 Å². The van der Waals surface area contributed by atoms with E-state index in [9.17, 15) is 0 Å². The van der Waals surface area contributed by atoms with Crippen molar-refractivity contribution >= 4 is 0 Å². The first-order chi connectivity index (χ1) is 9.31. The maximum absolute atomic E-state index is 9.05. The van der Waals surface area contributed by atoms with Crippen molar-refractivity contribution in [1.29, 1.82) is 0 Å². The Kier molecular flexibility index (Phi) is 8.47. The quantitative estimate of drug-likeness (QED) is 0.517. The standard InChI is InChI=1S/C16H26O3/c1-3-5-11-18-16(19-12-6-4-2)15-9-7-14(13-17)8-10-15/h7-10,16-17H,3-6,11-13H2,1-2H3. The van der Waals surface area contributed by atoms with Crippen LogP contribution in [0.15, 0.2) is 24.3 Å². The maximum atomic E-state index is 9.05. The number of rotatable bonds is 10. The summed E-state index contributed by atoms with van der Waals surface area (Å²) in [5.41, 5.74) is 1.93. The van der Waals surface area contributed by atoms with Gasteiger partial charge in [0, 0.05) is 5.56 Å². The third-order valence-corrected chi connectivity index (χ3v) is 2.97. The Hall–Kier alpha value is -0.900. The molecule has 0 saturated carbocycles. The van der Waals surface area contributed by atoms with Gasteiger partial charge in [0.25, 0.3) is 0 Å². The van der Waals surface area contributed by atoms with Crippen LogP contribution in [0.2, 0.25) is 0 Å². The molecule has 0 aliphatic carbocycles. The fraction of sp³-hybridized carbons (Fsp3) is 0.625. The van der Waals surface area contributed by atoms with Crippen molar-refractivity contribution in [3.05, 3.63) is 35.4 Å². The van der Waals surface area contributed by atoms with Gasteiger partial charge in [0.15, 0.2) is 6.29 Å². The van der Waals surface area contributed by atoms with Gasteiger partial charge in [-0.15, -0.1) is 0 Å². The first kappa shape index (κ1) is 16.2. The zero-order chi connectivity index (χ0) is 13.9. The summed E-state index contributed by atoms with van der Waals surface area (Å²) in [4.78, 5) is 0. The lowest BCUT2D eigenvalue weighted by Gasteiger charge is -2.19. The van der Waals surface area contributed by atoms with Crippen molar-refractivity contribution < 1.29 is 14.6 Å². The summed E-state index contributed by atoms with van der Waals surface area (Å²) in [7, 11) is 0. The summed E-state index contributed by atoms with van der Waals surface area (Å²) >= 11 is 0.